The molecule has 0 atom stereocenters. The Morgan fingerprint density at radius 3 is 2.50 bits per heavy atom. The van der Waals surface area contributed by atoms with E-state index in [1.165, 1.54) is 5.56 Å². The van der Waals surface area contributed by atoms with Crippen molar-refractivity contribution in [2.24, 2.45) is 0 Å². The van der Waals surface area contributed by atoms with E-state index in [0.717, 1.165) is 16.6 Å². The number of carbonyl (C=O) groups excluding carboxylic acids is 1. The second kappa shape index (κ2) is 5.83. The van der Waals surface area contributed by atoms with E-state index in [0.29, 0.717) is 5.56 Å². The van der Waals surface area contributed by atoms with Gasteiger partial charge in [0.1, 0.15) is 0 Å². The fraction of sp³-hybridized carbons (Fsp3) is 0.133. The molecule has 2 aromatic carbocycles. The van der Waals surface area contributed by atoms with Crippen molar-refractivity contribution in [3.05, 3.63) is 65.2 Å². The number of nitrogens with one attached hydrogen (secondary N) is 1. The Labute approximate surface area is 115 Å². The molecule has 2 aromatic rings. The highest BCUT2D eigenvalue weighted by Gasteiger charge is 2.05. The van der Waals surface area contributed by atoms with Crippen LogP contribution in [0.4, 0.5) is 5.69 Å². The average Bonchev–Trinajstić information content (AvgIpc) is 2.39. The number of aryl methyl sites for hydroxylation is 1. The zero-order valence-electron chi connectivity index (χ0n) is 10.1. The molecule has 0 spiro atoms. The molecule has 3 heteroatoms. The van der Waals surface area contributed by atoms with Crippen molar-refractivity contribution < 1.29 is 4.79 Å². The molecule has 92 valence electrons. The number of hydrogen-bond acceptors (Lipinski definition) is 1. The average molecular weight is 304 g/mol. The summed E-state index contributed by atoms with van der Waals surface area (Å²) in [6, 6.07) is 15.3. The molecule has 1 amide bonds. The number of halogens is 1. The van der Waals surface area contributed by atoms with Crippen molar-refractivity contribution >= 4 is 27.5 Å². The Morgan fingerprint density at radius 2 is 1.89 bits per heavy atom. The number of rotatable bonds is 3. The van der Waals surface area contributed by atoms with Crippen molar-refractivity contribution in [1.82, 2.24) is 0 Å². The number of anilines is 1. The SMILES string of the molecule is Cc1cccc(C(=O)Nc2ccc(CBr)cc2)c1. The number of benzene rings is 2. The Kier molecular flexibility index (Phi) is 4.15. The van der Waals surface area contributed by atoms with Gasteiger partial charge in [0, 0.05) is 16.6 Å². The Bertz CT molecular complexity index is 549. The first-order valence-electron chi connectivity index (χ1n) is 5.72. The molecule has 0 unspecified atom stereocenters. The van der Waals surface area contributed by atoms with Crippen LogP contribution in [0.15, 0.2) is 48.5 Å². The van der Waals surface area contributed by atoms with Gasteiger partial charge in [-0.2, -0.15) is 0 Å². The molecule has 0 aliphatic heterocycles. The molecule has 0 radical (unpaired) electrons. The van der Waals surface area contributed by atoms with Crippen LogP contribution in [0.2, 0.25) is 0 Å². The monoisotopic (exact) mass is 303 g/mol. The van der Waals surface area contributed by atoms with Crippen LogP contribution in [-0.4, -0.2) is 5.91 Å². The third-order valence-electron chi connectivity index (χ3n) is 2.65. The summed E-state index contributed by atoms with van der Waals surface area (Å²) in [5.41, 5.74) is 3.76. The first kappa shape index (κ1) is 12.8. The maximum absolute atomic E-state index is 12.0. The molecule has 2 rings (SSSR count). The van der Waals surface area contributed by atoms with Gasteiger partial charge in [0.15, 0.2) is 0 Å². The lowest BCUT2D eigenvalue weighted by Crippen LogP contribution is -2.11. The van der Waals surface area contributed by atoms with Crippen LogP contribution in [0.5, 0.6) is 0 Å². The molecular formula is C15H14BrNO. The second-order valence-corrected chi connectivity index (χ2v) is 4.71. The molecule has 0 heterocycles. The van der Waals surface area contributed by atoms with Crippen LogP contribution in [-0.2, 0) is 5.33 Å². The van der Waals surface area contributed by atoms with Crippen molar-refractivity contribution in [2.45, 2.75) is 12.3 Å². The summed E-state index contributed by atoms with van der Waals surface area (Å²) in [6.07, 6.45) is 0. The molecule has 0 saturated carbocycles. The summed E-state index contributed by atoms with van der Waals surface area (Å²) >= 11 is 3.39. The summed E-state index contributed by atoms with van der Waals surface area (Å²) in [6.45, 7) is 1.97. The summed E-state index contributed by atoms with van der Waals surface area (Å²) in [5.74, 6) is -0.0784. The molecule has 0 saturated heterocycles. The minimum absolute atomic E-state index is 0.0784. The van der Waals surface area contributed by atoms with E-state index in [9.17, 15) is 4.79 Å². The lowest BCUT2D eigenvalue weighted by atomic mass is 10.1. The lowest BCUT2D eigenvalue weighted by Gasteiger charge is -2.06. The van der Waals surface area contributed by atoms with E-state index in [2.05, 4.69) is 21.2 Å². The maximum Gasteiger partial charge on any atom is 0.255 e. The first-order chi connectivity index (χ1) is 8.69. The van der Waals surface area contributed by atoms with E-state index in [-0.39, 0.29) is 5.91 Å². The number of carbonyl (C=O) groups is 1. The largest absolute Gasteiger partial charge is 0.322 e. The highest BCUT2D eigenvalue weighted by Crippen LogP contribution is 2.13. The van der Waals surface area contributed by atoms with Crippen molar-refractivity contribution in [1.29, 1.82) is 0 Å². The van der Waals surface area contributed by atoms with E-state index in [4.69, 9.17) is 0 Å². The number of amides is 1. The number of hydrogen-bond donors (Lipinski definition) is 1. The topological polar surface area (TPSA) is 29.1 Å². The second-order valence-electron chi connectivity index (χ2n) is 4.15. The van der Waals surface area contributed by atoms with Gasteiger partial charge in [0.25, 0.3) is 5.91 Å². The number of alkyl halides is 1. The summed E-state index contributed by atoms with van der Waals surface area (Å²) in [7, 11) is 0. The van der Waals surface area contributed by atoms with Crippen molar-refractivity contribution in [3.8, 4) is 0 Å². The molecule has 1 N–H and O–H groups in total. The smallest absolute Gasteiger partial charge is 0.255 e. The van der Waals surface area contributed by atoms with Crippen LogP contribution in [0.25, 0.3) is 0 Å². The highest BCUT2D eigenvalue weighted by molar-refractivity contribution is 9.08. The van der Waals surface area contributed by atoms with Crippen LogP contribution in [0.1, 0.15) is 21.5 Å². The van der Waals surface area contributed by atoms with Gasteiger partial charge in [-0.15, -0.1) is 0 Å². The molecule has 0 fully saturated rings. The van der Waals surface area contributed by atoms with Crippen LogP contribution >= 0.6 is 15.9 Å². The zero-order valence-corrected chi connectivity index (χ0v) is 11.7. The fourth-order valence-electron chi connectivity index (χ4n) is 1.67. The predicted octanol–water partition coefficient (Wildman–Crippen LogP) is 4.14. The van der Waals surface area contributed by atoms with E-state index >= 15 is 0 Å². The minimum atomic E-state index is -0.0784. The molecular weight excluding hydrogens is 290 g/mol. The van der Waals surface area contributed by atoms with Gasteiger partial charge < -0.3 is 5.32 Å². The fourth-order valence-corrected chi connectivity index (χ4v) is 2.04. The molecule has 18 heavy (non-hydrogen) atoms. The van der Waals surface area contributed by atoms with E-state index in [1.807, 2.05) is 55.5 Å². The third kappa shape index (κ3) is 3.20. The van der Waals surface area contributed by atoms with Crippen LogP contribution in [0.3, 0.4) is 0 Å². The van der Waals surface area contributed by atoms with Crippen LogP contribution < -0.4 is 5.32 Å². The maximum atomic E-state index is 12.0. The summed E-state index contributed by atoms with van der Waals surface area (Å²) in [5, 5.41) is 3.70. The molecule has 0 aliphatic rings. The molecule has 0 aromatic heterocycles. The molecule has 2 nitrogen and oxygen atoms in total. The van der Waals surface area contributed by atoms with E-state index < -0.39 is 0 Å². The lowest BCUT2D eigenvalue weighted by molar-refractivity contribution is 0.102. The van der Waals surface area contributed by atoms with Crippen molar-refractivity contribution in [2.75, 3.05) is 5.32 Å². The highest BCUT2D eigenvalue weighted by atomic mass is 79.9. The quantitative estimate of drug-likeness (QED) is 0.848. The Hall–Kier alpha value is -1.61. The zero-order chi connectivity index (χ0) is 13.0. The van der Waals surface area contributed by atoms with Gasteiger partial charge in [0.2, 0.25) is 0 Å². The standard InChI is InChI=1S/C15H14BrNO/c1-11-3-2-4-13(9-11)15(18)17-14-7-5-12(10-16)6-8-14/h2-9H,10H2,1H3,(H,17,18). The Balaban J connectivity index is 2.11. The summed E-state index contributed by atoms with van der Waals surface area (Å²) < 4.78 is 0. The van der Waals surface area contributed by atoms with Crippen LogP contribution in [0, 0.1) is 6.92 Å². The summed E-state index contributed by atoms with van der Waals surface area (Å²) in [4.78, 5) is 12.0. The van der Waals surface area contributed by atoms with E-state index in [1.54, 1.807) is 0 Å². The van der Waals surface area contributed by atoms with Gasteiger partial charge in [0.05, 0.1) is 0 Å². The normalized spacial score (nSPS) is 10.1. The third-order valence-corrected chi connectivity index (χ3v) is 3.29. The molecule has 0 aliphatic carbocycles. The molecule has 0 bridgehead atoms. The van der Waals surface area contributed by atoms with Gasteiger partial charge in [-0.3, -0.25) is 4.79 Å². The first-order valence-corrected chi connectivity index (χ1v) is 6.84. The van der Waals surface area contributed by atoms with Gasteiger partial charge in [-0.05, 0) is 36.8 Å². The van der Waals surface area contributed by atoms with Crippen molar-refractivity contribution in [3.63, 3.8) is 0 Å². The van der Waals surface area contributed by atoms with Gasteiger partial charge >= 0.3 is 0 Å². The van der Waals surface area contributed by atoms with Gasteiger partial charge in [-0.1, -0.05) is 45.8 Å². The Morgan fingerprint density at radius 1 is 1.17 bits per heavy atom. The minimum Gasteiger partial charge on any atom is -0.322 e. The van der Waals surface area contributed by atoms with Gasteiger partial charge in [-0.25, -0.2) is 0 Å². The predicted molar refractivity (Wildman–Crippen MR) is 78.2 cm³/mol.